The minimum Gasteiger partial charge on any atom is -0.391 e. The third-order valence-electron chi connectivity index (χ3n) is 6.67. The number of halogens is 2. The molecule has 162 valence electrons. The van der Waals surface area contributed by atoms with Gasteiger partial charge >= 0.3 is 6.03 Å². The van der Waals surface area contributed by atoms with E-state index in [1.165, 1.54) is 6.07 Å². The molecule has 2 heterocycles. The number of aliphatic hydroxyl groups excluding tert-OH is 1. The van der Waals surface area contributed by atoms with Gasteiger partial charge in [0, 0.05) is 24.8 Å². The summed E-state index contributed by atoms with van der Waals surface area (Å²) in [4.78, 5) is 19.0. The molecule has 1 aliphatic carbocycles. The lowest BCUT2D eigenvalue weighted by Crippen LogP contribution is -2.36. The quantitative estimate of drug-likeness (QED) is 0.648. The highest BCUT2D eigenvalue weighted by Gasteiger charge is 2.44. The van der Waals surface area contributed by atoms with E-state index in [1.807, 2.05) is 31.2 Å². The number of aromatic nitrogens is 2. The van der Waals surface area contributed by atoms with Crippen molar-refractivity contribution in [1.82, 2.24) is 14.5 Å². The zero-order valence-electron chi connectivity index (χ0n) is 17.1. The number of carbonyl (C=O) groups excluding carboxylic acids is 1. The number of nitrogens with zero attached hydrogens (tertiary/aromatic N) is 3. The molecule has 0 radical (unpaired) electrons. The van der Waals surface area contributed by atoms with Crippen LogP contribution in [-0.4, -0.2) is 44.8 Å². The molecule has 8 heteroatoms. The Labute approximate surface area is 178 Å². The topological polar surface area (TPSA) is 70.4 Å². The zero-order valence-corrected chi connectivity index (χ0v) is 17.1. The molecule has 0 spiro atoms. The number of hydrogen-bond acceptors (Lipinski definition) is 3. The van der Waals surface area contributed by atoms with E-state index in [0.717, 1.165) is 35.4 Å². The van der Waals surface area contributed by atoms with Gasteiger partial charge in [0.1, 0.15) is 5.82 Å². The number of anilines is 1. The van der Waals surface area contributed by atoms with Crippen LogP contribution < -0.4 is 5.32 Å². The molecule has 3 aromatic rings. The first-order chi connectivity index (χ1) is 14.9. The van der Waals surface area contributed by atoms with Gasteiger partial charge in [-0.1, -0.05) is 12.1 Å². The third kappa shape index (κ3) is 3.54. The number of rotatable bonds is 2. The van der Waals surface area contributed by atoms with Crippen LogP contribution in [0.15, 0.2) is 42.5 Å². The summed E-state index contributed by atoms with van der Waals surface area (Å²) in [6, 6.07) is 10.8. The number of imidazole rings is 1. The number of hydrogen-bond donors (Lipinski definition) is 2. The number of amides is 2. The second-order valence-corrected chi connectivity index (χ2v) is 8.61. The Morgan fingerprint density at radius 3 is 2.61 bits per heavy atom. The van der Waals surface area contributed by atoms with E-state index in [2.05, 4.69) is 14.9 Å². The largest absolute Gasteiger partial charge is 0.391 e. The highest BCUT2D eigenvalue weighted by molar-refractivity contribution is 5.89. The molecule has 1 saturated heterocycles. The predicted molar refractivity (Wildman–Crippen MR) is 113 cm³/mol. The summed E-state index contributed by atoms with van der Waals surface area (Å²) in [7, 11) is 0. The third-order valence-corrected chi connectivity index (χ3v) is 6.67. The van der Waals surface area contributed by atoms with Crippen LogP contribution in [0.25, 0.3) is 11.0 Å². The summed E-state index contributed by atoms with van der Waals surface area (Å²) in [5.74, 6) is -0.620. The Morgan fingerprint density at radius 1 is 1.10 bits per heavy atom. The smallest absolute Gasteiger partial charge is 0.321 e. The Bertz CT molecular complexity index is 1150. The van der Waals surface area contributed by atoms with Gasteiger partial charge in [0.15, 0.2) is 11.6 Å². The molecule has 2 N–H and O–H groups in total. The number of benzene rings is 2. The van der Waals surface area contributed by atoms with Gasteiger partial charge in [-0.15, -0.1) is 0 Å². The van der Waals surface area contributed by atoms with E-state index >= 15 is 0 Å². The molecule has 5 rings (SSSR count). The molecule has 2 aromatic carbocycles. The van der Waals surface area contributed by atoms with Crippen molar-refractivity contribution in [2.45, 2.75) is 31.9 Å². The summed E-state index contributed by atoms with van der Waals surface area (Å²) in [5.41, 5.74) is 2.14. The van der Waals surface area contributed by atoms with Crippen LogP contribution in [0, 0.1) is 30.4 Å². The molecule has 1 aromatic heterocycles. The molecule has 2 aliphatic rings. The molecule has 0 unspecified atom stereocenters. The second-order valence-electron chi connectivity index (χ2n) is 8.61. The predicted octanol–water partition coefficient (Wildman–Crippen LogP) is 4.10. The SMILES string of the molecule is Cc1nc2ccccc2n1[C@H]1C[C@H]2CN(C(=O)Nc3ccc(F)c(F)c3)C[C@H]2C[C@@H]1O. The molecule has 1 saturated carbocycles. The van der Waals surface area contributed by atoms with Crippen molar-refractivity contribution in [1.29, 1.82) is 0 Å². The molecule has 2 fully saturated rings. The summed E-state index contributed by atoms with van der Waals surface area (Å²) in [5, 5.41) is 13.6. The summed E-state index contributed by atoms with van der Waals surface area (Å²) in [6.45, 7) is 3.05. The van der Waals surface area contributed by atoms with Crippen molar-refractivity contribution in [3.63, 3.8) is 0 Å². The number of para-hydroxylation sites is 2. The Balaban J connectivity index is 1.32. The van der Waals surface area contributed by atoms with Crippen LogP contribution in [0.2, 0.25) is 0 Å². The van der Waals surface area contributed by atoms with Gasteiger partial charge in [0.05, 0.1) is 23.2 Å². The van der Waals surface area contributed by atoms with E-state index < -0.39 is 17.7 Å². The van der Waals surface area contributed by atoms with Crippen molar-refractivity contribution < 1.29 is 18.7 Å². The average Bonchev–Trinajstić information content (AvgIpc) is 3.30. The fourth-order valence-electron chi connectivity index (χ4n) is 5.21. The van der Waals surface area contributed by atoms with E-state index in [-0.39, 0.29) is 29.6 Å². The van der Waals surface area contributed by atoms with Crippen LogP contribution in [0.3, 0.4) is 0 Å². The fourth-order valence-corrected chi connectivity index (χ4v) is 5.21. The number of fused-ring (bicyclic) bond motifs is 2. The van der Waals surface area contributed by atoms with Gasteiger partial charge in [-0.25, -0.2) is 18.6 Å². The zero-order chi connectivity index (χ0) is 21.7. The molecule has 4 atom stereocenters. The van der Waals surface area contributed by atoms with Crippen LogP contribution in [0.5, 0.6) is 0 Å². The maximum absolute atomic E-state index is 13.4. The van der Waals surface area contributed by atoms with Crippen LogP contribution in [0.1, 0.15) is 24.7 Å². The van der Waals surface area contributed by atoms with Gasteiger partial charge in [0.25, 0.3) is 0 Å². The van der Waals surface area contributed by atoms with Gasteiger partial charge in [-0.05, 0) is 55.9 Å². The van der Waals surface area contributed by atoms with Gasteiger partial charge in [-0.3, -0.25) is 0 Å². The van der Waals surface area contributed by atoms with Crippen molar-refractivity contribution in [2.75, 3.05) is 18.4 Å². The molecule has 6 nitrogen and oxygen atoms in total. The molecule has 31 heavy (non-hydrogen) atoms. The van der Waals surface area contributed by atoms with Crippen molar-refractivity contribution in [3.05, 3.63) is 59.9 Å². The Morgan fingerprint density at radius 2 is 1.84 bits per heavy atom. The fraction of sp³-hybridized carbons (Fsp3) is 0.391. The normalized spacial score (nSPS) is 25.6. The average molecular weight is 426 g/mol. The van der Waals surface area contributed by atoms with E-state index in [1.54, 1.807) is 4.90 Å². The minimum atomic E-state index is -0.998. The monoisotopic (exact) mass is 426 g/mol. The second kappa shape index (κ2) is 7.60. The number of carbonyl (C=O) groups is 1. The van der Waals surface area contributed by atoms with Crippen molar-refractivity contribution in [2.24, 2.45) is 11.8 Å². The lowest BCUT2D eigenvalue weighted by Gasteiger charge is -2.36. The highest BCUT2D eigenvalue weighted by atomic mass is 19.2. The lowest BCUT2D eigenvalue weighted by molar-refractivity contribution is 0.0366. The summed E-state index contributed by atoms with van der Waals surface area (Å²) < 4.78 is 28.7. The minimum absolute atomic E-state index is 0.0946. The maximum Gasteiger partial charge on any atom is 0.321 e. The van der Waals surface area contributed by atoms with E-state index in [0.29, 0.717) is 19.5 Å². The molecule has 1 aliphatic heterocycles. The summed E-state index contributed by atoms with van der Waals surface area (Å²) >= 11 is 0. The first-order valence-electron chi connectivity index (χ1n) is 10.5. The summed E-state index contributed by atoms with van der Waals surface area (Å²) in [6.07, 6.45) is 0.838. The lowest BCUT2D eigenvalue weighted by atomic mass is 9.77. The number of aryl methyl sites for hydroxylation is 1. The molecular formula is C23H24F2N4O2. The van der Waals surface area contributed by atoms with Crippen LogP contribution in [-0.2, 0) is 0 Å². The number of likely N-dealkylation sites (tertiary alicyclic amines) is 1. The van der Waals surface area contributed by atoms with Crippen molar-refractivity contribution in [3.8, 4) is 0 Å². The van der Waals surface area contributed by atoms with Crippen LogP contribution >= 0.6 is 0 Å². The van der Waals surface area contributed by atoms with Gasteiger partial charge in [0.2, 0.25) is 0 Å². The standard InChI is InChI=1S/C23H24F2N4O2/c1-13-26-19-4-2-3-5-20(19)29(13)21-8-14-11-28(12-15(14)9-22(21)30)23(31)27-16-6-7-17(24)18(25)10-16/h2-7,10,14-15,21-22,30H,8-9,11-12H2,1H3,(H,27,31)/t14-,15+,21-,22-/m0/s1. The highest BCUT2D eigenvalue weighted by Crippen LogP contribution is 2.42. The molecule has 0 bridgehead atoms. The van der Waals surface area contributed by atoms with Crippen LogP contribution in [0.4, 0.5) is 19.3 Å². The number of urea groups is 1. The van der Waals surface area contributed by atoms with E-state index in [9.17, 15) is 18.7 Å². The Kier molecular flexibility index (Phi) is 4.89. The maximum atomic E-state index is 13.4. The molecular weight excluding hydrogens is 402 g/mol. The van der Waals surface area contributed by atoms with Gasteiger partial charge < -0.3 is 19.9 Å². The molecule has 2 amide bonds. The number of nitrogens with one attached hydrogen (secondary N) is 1. The first kappa shape index (κ1) is 19.9. The van der Waals surface area contributed by atoms with Gasteiger partial charge in [-0.2, -0.15) is 0 Å². The van der Waals surface area contributed by atoms with Crippen molar-refractivity contribution >= 4 is 22.8 Å². The number of aliphatic hydroxyl groups is 1. The first-order valence-corrected chi connectivity index (χ1v) is 10.5. The van der Waals surface area contributed by atoms with E-state index in [4.69, 9.17) is 0 Å². The Hall–Kier alpha value is -3.00.